The van der Waals surface area contributed by atoms with Crippen LogP contribution in [0.3, 0.4) is 0 Å². The van der Waals surface area contributed by atoms with Crippen molar-refractivity contribution in [2.45, 2.75) is 32.9 Å². The van der Waals surface area contributed by atoms with Crippen molar-refractivity contribution in [3.8, 4) is 5.75 Å². The highest BCUT2D eigenvalue weighted by Crippen LogP contribution is 2.18. The first-order chi connectivity index (χ1) is 11.0. The molecule has 0 amide bonds. The van der Waals surface area contributed by atoms with E-state index in [1.165, 1.54) is 0 Å². The lowest BCUT2D eigenvalue weighted by Gasteiger charge is -2.24. The van der Waals surface area contributed by atoms with Crippen LogP contribution in [-0.2, 0) is 11.3 Å². The number of hydrogen-bond donors (Lipinski definition) is 2. The Hall–Kier alpha value is -2.01. The van der Waals surface area contributed by atoms with Gasteiger partial charge in [0.1, 0.15) is 12.4 Å². The molecular weight excluding hydrogens is 290 g/mol. The smallest absolute Gasteiger partial charge is 0.191 e. The molecule has 1 aromatic rings. The Kier molecular flexibility index (Phi) is 8.19. The standard InChI is InChI=1S/C18H29N3O2/c1-6-12-23-16-11-9-8-10-15(16)13-20-17(19-7-2)21-14-18(3,4)22-5/h6,8-11H,1,7,12-14H2,2-5H3,(H2,19,20,21). The number of ether oxygens (including phenoxy) is 2. The summed E-state index contributed by atoms with van der Waals surface area (Å²) in [6, 6.07) is 7.91. The van der Waals surface area contributed by atoms with Gasteiger partial charge in [-0.1, -0.05) is 30.9 Å². The SMILES string of the molecule is C=CCOc1ccccc1CN=C(NCC)NCC(C)(C)OC. The fraction of sp³-hybridized carbons (Fsp3) is 0.500. The average Bonchev–Trinajstić information content (AvgIpc) is 2.56. The molecule has 5 heteroatoms. The molecule has 0 bridgehead atoms. The van der Waals surface area contributed by atoms with E-state index in [1.807, 2.05) is 45.0 Å². The number of nitrogens with zero attached hydrogens (tertiary/aromatic N) is 1. The molecule has 0 aliphatic heterocycles. The molecule has 2 N–H and O–H groups in total. The first-order valence-electron chi connectivity index (χ1n) is 7.91. The lowest BCUT2D eigenvalue weighted by molar-refractivity contribution is 0.0268. The van der Waals surface area contributed by atoms with Crippen molar-refractivity contribution in [1.82, 2.24) is 10.6 Å². The lowest BCUT2D eigenvalue weighted by atomic mass is 10.1. The molecule has 23 heavy (non-hydrogen) atoms. The third-order valence-electron chi connectivity index (χ3n) is 3.32. The van der Waals surface area contributed by atoms with E-state index in [1.54, 1.807) is 13.2 Å². The molecule has 0 aromatic heterocycles. The van der Waals surface area contributed by atoms with E-state index >= 15 is 0 Å². The minimum absolute atomic E-state index is 0.249. The number of benzene rings is 1. The molecule has 0 aliphatic carbocycles. The molecule has 0 atom stereocenters. The van der Waals surface area contributed by atoms with Crippen LogP contribution in [0.4, 0.5) is 0 Å². The van der Waals surface area contributed by atoms with E-state index < -0.39 is 0 Å². The molecule has 0 spiro atoms. The van der Waals surface area contributed by atoms with Gasteiger partial charge in [0.25, 0.3) is 0 Å². The second-order valence-corrected chi connectivity index (χ2v) is 5.72. The molecule has 0 fully saturated rings. The summed E-state index contributed by atoms with van der Waals surface area (Å²) in [5.74, 6) is 1.60. The van der Waals surface area contributed by atoms with Crippen LogP contribution >= 0.6 is 0 Å². The van der Waals surface area contributed by atoms with Crippen LogP contribution in [0.15, 0.2) is 41.9 Å². The topological polar surface area (TPSA) is 54.9 Å². The summed E-state index contributed by atoms with van der Waals surface area (Å²) < 4.78 is 11.1. The van der Waals surface area contributed by atoms with Crippen molar-refractivity contribution in [2.75, 3.05) is 26.8 Å². The van der Waals surface area contributed by atoms with Gasteiger partial charge in [-0.3, -0.25) is 0 Å². The molecule has 0 unspecified atom stereocenters. The Morgan fingerprint density at radius 2 is 2.04 bits per heavy atom. The Morgan fingerprint density at radius 3 is 2.70 bits per heavy atom. The van der Waals surface area contributed by atoms with E-state index in [9.17, 15) is 0 Å². The van der Waals surface area contributed by atoms with Crippen molar-refractivity contribution in [1.29, 1.82) is 0 Å². The largest absolute Gasteiger partial charge is 0.489 e. The minimum Gasteiger partial charge on any atom is -0.489 e. The van der Waals surface area contributed by atoms with Crippen LogP contribution in [0.2, 0.25) is 0 Å². The number of methoxy groups -OCH3 is 1. The summed E-state index contributed by atoms with van der Waals surface area (Å²) in [4.78, 5) is 4.62. The summed E-state index contributed by atoms with van der Waals surface area (Å²) in [6.45, 7) is 12.3. The van der Waals surface area contributed by atoms with E-state index in [2.05, 4.69) is 22.2 Å². The fourth-order valence-corrected chi connectivity index (χ4v) is 1.80. The van der Waals surface area contributed by atoms with Gasteiger partial charge in [-0.15, -0.1) is 0 Å². The maximum atomic E-state index is 5.66. The summed E-state index contributed by atoms with van der Waals surface area (Å²) in [5, 5.41) is 6.54. The van der Waals surface area contributed by atoms with Crippen LogP contribution < -0.4 is 15.4 Å². The molecular formula is C18H29N3O2. The zero-order valence-electron chi connectivity index (χ0n) is 14.7. The Balaban J connectivity index is 2.75. The van der Waals surface area contributed by atoms with Crippen LogP contribution in [0, 0.1) is 0 Å². The van der Waals surface area contributed by atoms with Gasteiger partial charge in [-0.2, -0.15) is 0 Å². The summed E-state index contributed by atoms with van der Waals surface area (Å²) in [7, 11) is 1.71. The summed E-state index contributed by atoms with van der Waals surface area (Å²) in [5.41, 5.74) is 0.791. The molecule has 0 aliphatic rings. The Morgan fingerprint density at radius 1 is 1.30 bits per heavy atom. The van der Waals surface area contributed by atoms with Gasteiger partial charge in [0.05, 0.1) is 12.1 Å². The molecule has 0 saturated carbocycles. The molecule has 0 heterocycles. The fourth-order valence-electron chi connectivity index (χ4n) is 1.80. The highest BCUT2D eigenvalue weighted by atomic mass is 16.5. The van der Waals surface area contributed by atoms with Crippen LogP contribution in [0.5, 0.6) is 5.75 Å². The van der Waals surface area contributed by atoms with Gasteiger partial charge < -0.3 is 20.1 Å². The third-order valence-corrected chi connectivity index (χ3v) is 3.32. The number of aliphatic imine (C=N–C) groups is 1. The van der Waals surface area contributed by atoms with Crippen molar-refractivity contribution in [3.63, 3.8) is 0 Å². The number of para-hydroxylation sites is 1. The Labute approximate surface area is 139 Å². The Bertz CT molecular complexity index is 513. The first-order valence-corrected chi connectivity index (χ1v) is 7.91. The predicted molar refractivity (Wildman–Crippen MR) is 96.0 cm³/mol. The van der Waals surface area contributed by atoms with Gasteiger partial charge >= 0.3 is 0 Å². The molecule has 5 nitrogen and oxygen atoms in total. The van der Waals surface area contributed by atoms with Gasteiger partial charge in [-0.05, 0) is 26.8 Å². The number of guanidine groups is 1. The molecule has 1 rings (SSSR count). The molecule has 128 valence electrons. The van der Waals surface area contributed by atoms with Gasteiger partial charge in [0.15, 0.2) is 5.96 Å². The lowest BCUT2D eigenvalue weighted by Crippen LogP contribution is -2.45. The zero-order valence-corrected chi connectivity index (χ0v) is 14.7. The predicted octanol–water partition coefficient (Wildman–Crippen LogP) is 2.73. The second-order valence-electron chi connectivity index (χ2n) is 5.72. The normalized spacial score (nSPS) is 11.9. The van der Waals surface area contributed by atoms with Crippen molar-refractivity contribution < 1.29 is 9.47 Å². The van der Waals surface area contributed by atoms with Gasteiger partial charge in [0.2, 0.25) is 0 Å². The van der Waals surface area contributed by atoms with Crippen molar-refractivity contribution in [3.05, 3.63) is 42.5 Å². The van der Waals surface area contributed by atoms with Crippen molar-refractivity contribution >= 4 is 5.96 Å². The van der Waals surface area contributed by atoms with Crippen LogP contribution in [0.25, 0.3) is 0 Å². The zero-order chi connectivity index (χ0) is 17.1. The first kappa shape index (κ1) is 19.0. The second kappa shape index (κ2) is 9.90. The number of rotatable bonds is 9. The van der Waals surface area contributed by atoms with Gasteiger partial charge in [-0.25, -0.2) is 4.99 Å². The van der Waals surface area contributed by atoms with Crippen molar-refractivity contribution in [2.24, 2.45) is 4.99 Å². The number of nitrogens with one attached hydrogen (secondary N) is 2. The molecule has 0 radical (unpaired) electrons. The maximum absolute atomic E-state index is 5.66. The average molecular weight is 319 g/mol. The summed E-state index contributed by atoms with van der Waals surface area (Å²) in [6.07, 6.45) is 1.73. The van der Waals surface area contributed by atoms with Crippen LogP contribution in [-0.4, -0.2) is 38.4 Å². The molecule has 0 saturated heterocycles. The molecule has 1 aromatic carbocycles. The van der Waals surface area contributed by atoms with E-state index in [4.69, 9.17) is 9.47 Å². The quantitative estimate of drug-likeness (QED) is 0.417. The van der Waals surface area contributed by atoms with E-state index in [0.29, 0.717) is 19.7 Å². The van der Waals surface area contributed by atoms with E-state index in [0.717, 1.165) is 23.8 Å². The monoisotopic (exact) mass is 319 g/mol. The van der Waals surface area contributed by atoms with Crippen LogP contribution in [0.1, 0.15) is 26.3 Å². The highest BCUT2D eigenvalue weighted by molar-refractivity contribution is 5.79. The highest BCUT2D eigenvalue weighted by Gasteiger charge is 2.16. The minimum atomic E-state index is -0.249. The maximum Gasteiger partial charge on any atom is 0.191 e. The third kappa shape index (κ3) is 7.19. The number of hydrogen-bond acceptors (Lipinski definition) is 3. The summed E-state index contributed by atoms with van der Waals surface area (Å²) >= 11 is 0. The van der Waals surface area contributed by atoms with Gasteiger partial charge in [0, 0.05) is 25.8 Å². The van der Waals surface area contributed by atoms with E-state index in [-0.39, 0.29) is 5.60 Å².